The molecule has 6 rings (SSSR count). The summed E-state index contributed by atoms with van der Waals surface area (Å²) in [7, 11) is 1.22. The van der Waals surface area contributed by atoms with Gasteiger partial charge in [-0.1, -0.05) is 114 Å². The van der Waals surface area contributed by atoms with Crippen molar-refractivity contribution in [3.63, 3.8) is 0 Å². The molecule has 0 saturated heterocycles. The summed E-state index contributed by atoms with van der Waals surface area (Å²) < 4.78 is 98.6. The number of rotatable bonds is 9. The highest BCUT2D eigenvalue weighted by Gasteiger charge is 2.80. The van der Waals surface area contributed by atoms with Gasteiger partial charge in [-0.15, -0.1) is 6.42 Å². The van der Waals surface area contributed by atoms with Gasteiger partial charge in [0.2, 0.25) is 0 Å². The van der Waals surface area contributed by atoms with Gasteiger partial charge in [-0.05, 0) is 88.7 Å². The van der Waals surface area contributed by atoms with E-state index in [-0.39, 0.29) is 12.2 Å². The molecule has 0 aliphatic heterocycles. The van der Waals surface area contributed by atoms with Crippen molar-refractivity contribution in [2.45, 2.75) is 50.9 Å². The van der Waals surface area contributed by atoms with E-state index in [0.717, 1.165) is 45.1 Å². The molecule has 2 aliphatic rings. The summed E-state index contributed by atoms with van der Waals surface area (Å²) in [4.78, 5) is 0.295. The molecule has 0 saturated carbocycles. The van der Waals surface area contributed by atoms with E-state index in [0.29, 0.717) is 28.0 Å². The van der Waals surface area contributed by atoms with Crippen LogP contribution < -0.4 is 0 Å². The van der Waals surface area contributed by atoms with Gasteiger partial charge in [0.05, 0.1) is 7.11 Å². The number of allylic oxidation sites excluding steroid dienone is 7. The molecule has 0 unspecified atom stereocenters. The number of halogens is 6. The Hall–Kier alpha value is -4.87. The molecule has 0 fully saturated rings. The average molecular weight is 713 g/mol. The van der Waals surface area contributed by atoms with Crippen molar-refractivity contribution in [2.75, 3.05) is 7.11 Å². The highest BCUT2D eigenvalue weighted by molar-refractivity contribution is 8.12. The van der Waals surface area contributed by atoms with E-state index in [4.69, 9.17) is 11.2 Å². The number of alkyl halides is 6. The van der Waals surface area contributed by atoms with Crippen molar-refractivity contribution in [3.05, 3.63) is 154 Å². The Morgan fingerprint density at radius 1 is 0.706 bits per heavy atom. The molecule has 0 bridgehead atoms. The molecule has 4 aromatic carbocycles. The molecule has 4 aromatic rings. The van der Waals surface area contributed by atoms with Crippen LogP contribution in [0.15, 0.2) is 132 Å². The van der Waals surface area contributed by atoms with E-state index in [1.807, 2.05) is 86.6 Å². The van der Waals surface area contributed by atoms with Crippen LogP contribution in [-0.4, -0.2) is 24.9 Å². The Kier molecular flexibility index (Phi) is 9.89. The topological polar surface area (TPSA) is 9.23 Å². The van der Waals surface area contributed by atoms with Crippen molar-refractivity contribution >= 4 is 22.2 Å². The second kappa shape index (κ2) is 14.0. The highest BCUT2D eigenvalue weighted by Crippen LogP contribution is 2.62. The molecule has 260 valence electrons. The third-order valence-electron chi connectivity index (χ3n) is 9.39. The maximum absolute atomic E-state index is 15.8. The van der Waals surface area contributed by atoms with Crippen LogP contribution in [0.5, 0.6) is 0 Å². The van der Waals surface area contributed by atoms with E-state index in [2.05, 4.69) is 5.25 Å². The van der Waals surface area contributed by atoms with Gasteiger partial charge in [0, 0.05) is 28.0 Å². The van der Waals surface area contributed by atoms with E-state index in [1.54, 1.807) is 24.3 Å². The molecule has 0 N–H and O–H groups in total. The van der Waals surface area contributed by atoms with Gasteiger partial charge in [0.15, 0.2) is 0 Å². The normalized spacial score (nSPS) is 18.0. The summed E-state index contributed by atoms with van der Waals surface area (Å²) >= 11 is 0.854. The van der Waals surface area contributed by atoms with Crippen LogP contribution in [0.2, 0.25) is 0 Å². The molecule has 0 amide bonds. The molecule has 51 heavy (non-hydrogen) atoms. The Labute approximate surface area is 298 Å². The van der Waals surface area contributed by atoms with Gasteiger partial charge in [0.1, 0.15) is 5.76 Å². The maximum atomic E-state index is 15.8. The molecule has 0 spiro atoms. The van der Waals surface area contributed by atoms with Crippen LogP contribution in [0.3, 0.4) is 0 Å². The molecule has 1 nitrogen and oxygen atoms in total. The van der Waals surface area contributed by atoms with Gasteiger partial charge in [-0.25, -0.2) is 0 Å². The summed E-state index contributed by atoms with van der Waals surface area (Å²) in [5, 5.41) is 2.39. The SMILES string of the molecule is C#CS/C(=C\CC1=C(C2=C(OC)CCC(c3ccc(-c4ccc(C)cc4)cc3)=C2)C(F)(F)C(F)(F)C1(F)F)c1ccc(-c2ccc(C)cc2)cc1. The summed E-state index contributed by atoms with van der Waals surface area (Å²) in [6, 6.07) is 30.2. The van der Waals surface area contributed by atoms with Crippen molar-refractivity contribution in [2.24, 2.45) is 0 Å². The van der Waals surface area contributed by atoms with Crippen LogP contribution in [0.25, 0.3) is 32.7 Å². The fourth-order valence-electron chi connectivity index (χ4n) is 6.49. The molecule has 0 atom stereocenters. The zero-order chi connectivity index (χ0) is 36.6. The first-order valence-corrected chi connectivity index (χ1v) is 17.1. The first-order chi connectivity index (χ1) is 24.3. The molecule has 8 heteroatoms. The molecule has 0 radical (unpaired) electrons. The van der Waals surface area contributed by atoms with Crippen LogP contribution in [-0.2, 0) is 4.74 Å². The lowest BCUT2D eigenvalue weighted by Gasteiger charge is -2.27. The number of aryl methyl sites for hydroxylation is 2. The van der Waals surface area contributed by atoms with Crippen LogP contribution in [0.1, 0.15) is 41.5 Å². The average Bonchev–Trinajstić information content (AvgIpc) is 3.23. The minimum atomic E-state index is -5.68. The summed E-state index contributed by atoms with van der Waals surface area (Å²) in [6.45, 7) is 3.96. The van der Waals surface area contributed by atoms with E-state index in [1.165, 1.54) is 19.3 Å². The quantitative estimate of drug-likeness (QED) is 0.126. The lowest BCUT2D eigenvalue weighted by atomic mass is 9.86. The number of hydrogen-bond acceptors (Lipinski definition) is 2. The fraction of sp³-hybridized carbons (Fsp3) is 0.209. The first kappa shape index (κ1) is 35.9. The number of methoxy groups -OCH3 is 1. The van der Waals surface area contributed by atoms with E-state index in [9.17, 15) is 0 Å². The zero-order valence-corrected chi connectivity index (χ0v) is 29.0. The molecular weight excluding hydrogens is 679 g/mol. The lowest BCUT2D eigenvalue weighted by molar-refractivity contribution is -0.264. The van der Waals surface area contributed by atoms with Crippen molar-refractivity contribution in [3.8, 4) is 33.9 Å². The summed E-state index contributed by atoms with van der Waals surface area (Å²) in [6.07, 6.45) is 7.56. The Morgan fingerprint density at radius 2 is 1.18 bits per heavy atom. The predicted molar refractivity (Wildman–Crippen MR) is 195 cm³/mol. The Morgan fingerprint density at radius 3 is 1.67 bits per heavy atom. The minimum Gasteiger partial charge on any atom is -0.500 e. The van der Waals surface area contributed by atoms with Gasteiger partial charge in [-0.2, -0.15) is 26.3 Å². The Balaban J connectivity index is 1.40. The maximum Gasteiger partial charge on any atom is 0.380 e. The fourth-order valence-corrected chi connectivity index (χ4v) is 7.03. The Bertz CT molecular complexity index is 2100. The van der Waals surface area contributed by atoms with Crippen LogP contribution in [0.4, 0.5) is 26.3 Å². The summed E-state index contributed by atoms with van der Waals surface area (Å²) in [5.41, 5.74) is 4.43. The number of ether oxygens (including phenoxy) is 1. The van der Waals surface area contributed by atoms with Gasteiger partial charge >= 0.3 is 17.8 Å². The number of terminal acetylenes is 1. The zero-order valence-electron chi connectivity index (χ0n) is 28.2. The summed E-state index contributed by atoms with van der Waals surface area (Å²) in [5.74, 6) is -16.1. The van der Waals surface area contributed by atoms with Gasteiger partial charge in [-0.3, -0.25) is 0 Å². The third-order valence-corrected chi connectivity index (χ3v) is 10.1. The second-order valence-electron chi connectivity index (χ2n) is 12.7. The van der Waals surface area contributed by atoms with Gasteiger partial charge < -0.3 is 4.74 Å². The molecule has 0 aromatic heterocycles. The monoisotopic (exact) mass is 712 g/mol. The number of hydrogen-bond donors (Lipinski definition) is 0. The van der Waals surface area contributed by atoms with Crippen LogP contribution in [0, 0.1) is 25.5 Å². The number of benzene rings is 4. The van der Waals surface area contributed by atoms with Crippen LogP contribution >= 0.6 is 11.8 Å². The largest absolute Gasteiger partial charge is 0.500 e. The molecule has 2 aliphatic carbocycles. The predicted octanol–water partition coefficient (Wildman–Crippen LogP) is 12.7. The second-order valence-corrected chi connectivity index (χ2v) is 13.5. The van der Waals surface area contributed by atoms with E-state index < -0.39 is 40.9 Å². The molecule has 0 heterocycles. The lowest BCUT2D eigenvalue weighted by Crippen LogP contribution is -2.49. The third kappa shape index (κ3) is 6.68. The smallest absolute Gasteiger partial charge is 0.380 e. The van der Waals surface area contributed by atoms with Crippen molar-refractivity contribution in [1.29, 1.82) is 0 Å². The number of thioether (sulfide) groups is 1. The highest BCUT2D eigenvalue weighted by atomic mass is 32.2. The van der Waals surface area contributed by atoms with Crippen molar-refractivity contribution < 1.29 is 31.1 Å². The van der Waals surface area contributed by atoms with Crippen molar-refractivity contribution in [1.82, 2.24) is 0 Å². The van der Waals surface area contributed by atoms with Gasteiger partial charge in [0.25, 0.3) is 0 Å². The minimum absolute atomic E-state index is 0.0583. The first-order valence-electron chi connectivity index (χ1n) is 16.3. The standard InChI is InChI=1S/C43H34F6OS/c1-5-51-39(34-20-18-32(19-21-34)30-12-8-28(3)9-13-30)25-23-37-40(42(46,47)43(48,49)41(37,44)45)36-26-35(22-24-38(36)50-4)33-16-14-31(15-17-33)29-10-6-27(2)7-11-29/h1,6-21,25-26H,22-24H2,2-4H3/b39-25-. The van der Waals surface area contributed by atoms with E-state index >= 15 is 26.3 Å². The molecular formula is C43H34F6OS.